The predicted octanol–water partition coefficient (Wildman–Crippen LogP) is 2.71. The van der Waals surface area contributed by atoms with E-state index in [9.17, 15) is 25.0 Å². The van der Waals surface area contributed by atoms with E-state index >= 15 is 0 Å². The van der Waals surface area contributed by atoms with E-state index in [2.05, 4.69) is 0 Å². The number of nitrogens with zero attached hydrogens (tertiary/aromatic N) is 2. The van der Waals surface area contributed by atoms with Gasteiger partial charge in [0.05, 0.1) is 10.8 Å². The number of non-ortho nitro benzene ring substituents is 1. The topological polar surface area (TPSA) is 103 Å². The maximum atomic E-state index is 11.9. The molecular weight excluding hydrogens is 276 g/mol. The Kier molecular flexibility index (Phi) is 3.76. The molecule has 1 aliphatic carbocycles. The van der Waals surface area contributed by atoms with Crippen LogP contribution < -0.4 is 0 Å². The van der Waals surface area contributed by atoms with Gasteiger partial charge in [-0.25, -0.2) is 0 Å². The number of hydrogen-bond donors (Lipinski definition) is 0. The minimum atomic E-state index is -0.878. The monoisotopic (exact) mass is 292 g/mol. The molecule has 7 heteroatoms. The van der Waals surface area contributed by atoms with Gasteiger partial charge in [-0.05, 0) is 5.56 Å². The lowest BCUT2D eigenvalue weighted by atomic mass is 9.66. The van der Waals surface area contributed by atoms with Crippen LogP contribution in [0.15, 0.2) is 24.3 Å². The van der Waals surface area contributed by atoms with Crippen molar-refractivity contribution in [1.29, 1.82) is 0 Å². The van der Waals surface area contributed by atoms with E-state index in [0.29, 0.717) is 5.56 Å². The summed E-state index contributed by atoms with van der Waals surface area (Å²) in [5.74, 6) is -0.557. The zero-order chi connectivity index (χ0) is 15.8. The van der Waals surface area contributed by atoms with Crippen LogP contribution >= 0.6 is 0 Å². The molecule has 1 fully saturated rings. The van der Waals surface area contributed by atoms with Crippen molar-refractivity contribution >= 4 is 11.5 Å². The van der Waals surface area contributed by atoms with Gasteiger partial charge in [0.1, 0.15) is 5.78 Å². The molecule has 112 valence electrons. The van der Waals surface area contributed by atoms with E-state index < -0.39 is 22.3 Å². The average molecular weight is 292 g/mol. The van der Waals surface area contributed by atoms with Crippen molar-refractivity contribution in [1.82, 2.24) is 0 Å². The Morgan fingerprint density at radius 3 is 2.19 bits per heavy atom. The second-order valence-electron chi connectivity index (χ2n) is 6.09. The molecule has 0 bridgehead atoms. The molecule has 0 saturated heterocycles. The van der Waals surface area contributed by atoms with Gasteiger partial charge in [-0.15, -0.1) is 0 Å². The maximum Gasteiger partial charge on any atom is 0.269 e. The number of hydrogen-bond acceptors (Lipinski definition) is 5. The Morgan fingerprint density at radius 1 is 1.14 bits per heavy atom. The molecule has 0 unspecified atom stereocenters. The molecule has 0 aliphatic heterocycles. The van der Waals surface area contributed by atoms with Crippen molar-refractivity contribution < 1.29 is 14.6 Å². The van der Waals surface area contributed by atoms with Crippen molar-refractivity contribution in [2.45, 2.75) is 38.6 Å². The van der Waals surface area contributed by atoms with Crippen LogP contribution in [0, 0.1) is 25.6 Å². The lowest BCUT2D eigenvalue weighted by Crippen LogP contribution is -2.47. The lowest BCUT2D eigenvalue weighted by molar-refractivity contribution is -0.546. The molecule has 2 atom stereocenters. The van der Waals surface area contributed by atoms with Crippen LogP contribution in [0.5, 0.6) is 0 Å². The lowest BCUT2D eigenvalue weighted by Gasteiger charge is -2.37. The Morgan fingerprint density at radius 2 is 1.71 bits per heavy atom. The number of ketones is 1. The van der Waals surface area contributed by atoms with E-state index in [1.165, 1.54) is 24.3 Å². The smallest absolute Gasteiger partial charge is 0.269 e. The summed E-state index contributed by atoms with van der Waals surface area (Å²) in [5.41, 5.74) is -0.202. The summed E-state index contributed by atoms with van der Waals surface area (Å²) < 4.78 is 0. The average Bonchev–Trinajstić information content (AvgIpc) is 2.35. The first-order valence-corrected chi connectivity index (χ1v) is 6.62. The number of carbonyl (C=O) groups excluding carboxylic acids is 1. The minimum Gasteiger partial charge on any atom is -0.300 e. The third-order valence-corrected chi connectivity index (χ3v) is 4.04. The van der Waals surface area contributed by atoms with E-state index in [-0.39, 0.29) is 29.2 Å². The summed E-state index contributed by atoms with van der Waals surface area (Å²) in [5, 5.41) is 22.1. The van der Waals surface area contributed by atoms with Crippen LogP contribution in [0.3, 0.4) is 0 Å². The fourth-order valence-electron chi connectivity index (χ4n) is 3.16. The van der Waals surface area contributed by atoms with Gasteiger partial charge in [-0.3, -0.25) is 25.0 Å². The zero-order valence-corrected chi connectivity index (χ0v) is 11.8. The minimum absolute atomic E-state index is 0.0125. The molecule has 1 aromatic carbocycles. The number of nitro benzene ring substituents is 1. The molecule has 1 saturated carbocycles. The van der Waals surface area contributed by atoms with Crippen molar-refractivity contribution in [3.8, 4) is 0 Å². The van der Waals surface area contributed by atoms with Crippen molar-refractivity contribution in [2.75, 3.05) is 0 Å². The largest absolute Gasteiger partial charge is 0.300 e. The van der Waals surface area contributed by atoms with Crippen molar-refractivity contribution in [3.63, 3.8) is 0 Å². The fourth-order valence-corrected chi connectivity index (χ4v) is 3.16. The molecule has 0 N–H and O–H groups in total. The number of rotatable bonds is 3. The molecule has 0 amide bonds. The van der Waals surface area contributed by atoms with Gasteiger partial charge >= 0.3 is 0 Å². The van der Waals surface area contributed by atoms with E-state index in [1.54, 1.807) is 13.8 Å². The van der Waals surface area contributed by atoms with E-state index in [1.807, 2.05) is 0 Å². The molecule has 0 spiro atoms. The van der Waals surface area contributed by atoms with Gasteiger partial charge < -0.3 is 0 Å². The van der Waals surface area contributed by atoms with Crippen molar-refractivity contribution in [3.05, 3.63) is 50.1 Å². The van der Waals surface area contributed by atoms with Gasteiger partial charge in [-0.2, -0.15) is 0 Å². The van der Waals surface area contributed by atoms with Crippen molar-refractivity contribution in [2.24, 2.45) is 5.41 Å². The Hall–Kier alpha value is -2.31. The Bertz CT molecular complexity index is 594. The second-order valence-corrected chi connectivity index (χ2v) is 6.09. The van der Waals surface area contributed by atoms with Crippen LogP contribution in [0.2, 0.25) is 0 Å². The fraction of sp³-hybridized carbons (Fsp3) is 0.500. The van der Waals surface area contributed by atoms with E-state index in [4.69, 9.17) is 0 Å². The number of benzene rings is 1. The quantitative estimate of drug-likeness (QED) is 0.629. The summed E-state index contributed by atoms with van der Waals surface area (Å²) in [6, 6.07) is 4.77. The summed E-state index contributed by atoms with van der Waals surface area (Å²) in [6.07, 6.45) is 0.287. The number of nitro groups is 2. The van der Waals surface area contributed by atoms with Crippen LogP contribution in [0.25, 0.3) is 0 Å². The highest BCUT2D eigenvalue weighted by Gasteiger charge is 2.50. The maximum absolute atomic E-state index is 11.9. The summed E-state index contributed by atoms with van der Waals surface area (Å²) in [6.45, 7) is 3.44. The van der Waals surface area contributed by atoms with Gasteiger partial charge in [0.15, 0.2) is 0 Å². The molecule has 0 aromatic heterocycles. The van der Waals surface area contributed by atoms with Gasteiger partial charge in [0.2, 0.25) is 6.04 Å². The standard InChI is InChI=1S/C14H16N2O5/c1-14(2)8-11(17)7-12(13(14)16(20)21)9-3-5-10(6-4-9)15(18)19/h3-6,12-13H,7-8H2,1-2H3/t12-,13-/m1/s1. The first kappa shape index (κ1) is 15.1. The first-order chi connectivity index (χ1) is 9.72. The molecule has 7 nitrogen and oxygen atoms in total. The third-order valence-electron chi connectivity index (χ3n) is 4.04. The normalized spacial score (nSPS) is 24.6. The molecule has 1 aromatic rings. The van der Waals surface area contributed by atoms with Gasteiger partial charge in [0, 0.05) is 35.3 Å². The third kappa shape index (κ3) is 2.91. The molecule has 21 heavy (non-hydrogen) atoms. The first-order valence-electron chi connectivity index (χ1n) is 6.62. The molecule has 2 rings (SSSR count). The summed E-state index contributed by atoms with van der Waals surface area (Å²) >= 11 is 0. The molecule has 0 radical (unpaired) electrons. The molecular formula is C14H16N2O5. The highest BCUT2D eigenvalue weighted by molar-refractivity contribution is 5.81. The number of Topliss-reactive ketones (excluding diaryl/α,β-unsaturated/α-hetero) is 1. The second kappa shape index (κ2) is 5.23. The zero-order valence-electron chi connectivity index (χ0n) is 11.8. The predicted molar refractivity (Wildman–Crippen MR) is 74.6 cm³/mol. The highest BCUT2D eigenvalue weighted by Crippen LogP contribution is 2.43. The van der Waals surface area contributed by atoms with Gasteiger partial charge in [0.25, 0.3) is 5.69 Å². The Labute approximate surface area is 121 Å². The summed E-state index contributed by atoms with van der Waals surface area (Å²) in [4.78, 5) is 33.1. The Balaban J connectivity index is 2.40. The van der Waals surface area contributed by atoms with Crippen LogP contribution in [-0.2, 0) is 4.79 Å². The van der Waals surface area contributed by atoms with Crippen LogP contribution in [-0.4, -0.2) is 21.7 Å². The molecule has 0 heterocycles. The summed E-state index contributed by atoms with van der Waals surface area (Å²) in [7, 11) is 0. The van der Waals surface area contributed by atoms with E-state index in [0.717, 1.165) is 0 Å². The highest BCUT2D eigenvalue weighted by atomic mass is 16.6. The van der Waals surface area contributed by atoms with Crippen LogP contribution in [0.1, 0.15) is 38.2 Å². The number of carbonyl (C=O) groups is 1. The molecule has 1 aliphatic rings. The van der Waals surface area contributed by atoms with Crippen LogP contribution in [0.4, 0.5) is 5.69 Å². The van der Waals surface area contributed by atoms with Gasteiger partial charge in [-0.1, -0.05) is 26.0 Å². The SMILES string of the molecule is CC1(C)CC(=O)C[C@H](c2ccc([N+](=O)[O-])cc2)[C@H]1[N+](=O)[O-].